The van der Waals surface area contributed by atoms with Crippen molar-refractivity contribution in [3.8, 4) is 5.75 Å². The summed E-state index contributed by atoms with van der Waals surface area (Å²) in [6, 6.07) is 6.60. The molecule has 0 bridgehead atoms. The third-order valence-electron chi connectivity index (χ3n) is 4.88. The van der Waals surface area contributed by atoms with Crippen molar-refractivity contribution in [2.45, 2.75) is 38.6 Å². The molecule has 0 radical (unpaired) electrons. The summed E-state index contributed by atoms with van der Waals surface area (Å²) in [6.45, 7) is 2.09. The van der Waals surface area contributed by atoms with E-state index in [9.17, 15) is 14.4 Å². The molecule has 1 aliphatic rings. The van der Waals surface area contributed by atoms with E-state index in [0.29, 0.717) is 17.4 Å². The van der Waals surface area contributed by atoms with Gasteiger partial charge < -0.3 is 15.4 Å². The minimum Gasteiger partial charge on any atom is -0.497 e. The van der Waals surface area contributed by atoms with Crippen LogP contribution in [-0.4, -0.2) is 56.0 Å². The Morgan fingerprint density at radius 3 is 2.36 bits per heavy atom. The molecule has 2 rings (SSSR count). The van der Waals surface area contributed by atoms with Gasteiger partial charge >= 0.3 is 6.03 Å². The van der Waals surface area contributed by atoms with Crippen molar-refractivity contribution in [1.82, 2.24) is 15.5 Å². The number of nitrogens with zero attached hydrogens (tertiary/aromatic N) is 1. The summed E-state index contributed by atoms with van der Waals surface area (Å²) < 4.78 is 5.07. The van der Waals surface area contributed by atoms with Gasteiger partial charge in [-0.1, -0.05) is 19.8 Å². The van der Waals surface area contributed by atoms with E-state index in [0.717, 1.165) is 19.3 Å². The van der Waals surface area contributed by atoms with Crippen LogP contribution in [0.5, 0.6) is 5.75 Å². The number of methoxy groups -OCH3 is 1. The second kappa shape index (κ2) is 10.7. The van der Waals surface area contributed by atoms with Crippen molar-refractivity contribution >= 4 is 23.5 Å². The maximum atomic E-state index is 12.1. The average Bonchev–Trinajstić information content (AvgIpc) is 2.63. The van der Waals surface area contributed by atoms with Crippen LogP contribution in [0.15, 0.2) is 24.3 Å². The van der Waals surface area contributed by atoms with E-state index in [1.165, 1.54) is 6.42 Å². The monoisotopic (exact) mass is 390 g/mol. The summed E-state index contributed by atoms with van der Waals surface area (Å²) in [7, 11) is 3.22. The van der Waals surface area contributed by atoms with Gasteiger partial charge in [0, 0.05) is 11.7 Å². The van der Waals surface area contributed by atoms with Crippen LogP contribution in [0.1, 0.15) is 32.6 Å². The largest absolute Gasteiger partial charge is 0.497 e. The number of rotatable bonds is 7. The van der Waals surface area contributed by atoms with Crippen LogP contribution < -0.4 is 20.7 Å². The molecule has 4 amide bonds. The molecule has 8 heteroatoms. The molecule has 28 heavy (non-hydrogen) atoms. The molecule has 0 heterocycles. The predicted octanol–water partition coefficient (Wildman–Crippen LogP) is 1.97. The molecule has 154 valence electrons. The number of anilines is 1. The second-order valence-corrected chi connectivity index (χ2v) is 7.34. The highest BCUT2D eigenvalue weighted by Gasteiger charge is 2.23. The minimum absolute atomic E-state index is 0.0285. The maximum Gasteiger partial charge on any atom is 0.321 e. The molecule has 1 saturated carbocycles. The number of urea groups is 1. The van der Waals surface area contributed by atoms with Crippen LogP contribution in [0.3, 0.4) is 0 Å². The molecule has 1 fully saturated rings. The van der Waals surface area contributed by atoms with Gasteiger partial charge in [0.1, 0.15) is 5.75 Å². The molecule has 0 spiro atoms. The molecule has 0 aromatic heterocycles. The fraction of sp³-hybridized carbons (Fsp3) is 0.550. The Hall–Kier alpha value is -2.61. The normalized spacial score (nSPS) is 19.0. The number of carbonyl (C=O) groups excluding carboxylic acids is 3. The Balaban J connectivity index is 1.70. The first kappa shape index (κ1) is 21.7. The maximum absolute atomic E-state index is 12.1. The summed E-state index contributed by atoms with van der Waals surface area (Å²) in [5.74, 6) is 0.424. The number of benzene rings is 1. The summed E-state index contributed by atoms with van der Waals surface area (Å²) in [5.41, 5.74) is 0.643. The molecule has 0 saturated heterocycles. The van der Waals surface area contributed by atoms with Gasteiger partial charge in [0.05, 0.1) is 20.2 Å². The van der Waals surface area contributed by atoms with E-state index < -0.39 is 11.9 Å². The van der Waals surface area contributed by atoms with E-state index in [1.807, 2.05) is 0 Å². The van der Waals surface area contributed by atoms with Crippen molar-refractivity contribution in [2.75, 3.05) is 32.6 Å². The molecule has 1 aromatic rings. The zero-order valence-corrected chi connectivity index (χ0v) is 16.8. The second-order valence-electron chi connectivity index (χ2n) is 7.34. The number of ether oxygens (including phenoxy) is 1. The summed E-state index contributed by atoms with van der Waals surface area (Å²) >= 11 is 0. The van der Waals surface area contributed by atoms with Gasteiger partial charge in [-0.05, 0) is 50.1 Å². The van der Waals surface area contributed by atoms with Gasteiger partial charge in [0.2, 0.25) is 11.8 Å². The van der Waals surface area contributed by atoms with Crippen LogP contribution in [0.25, 0.3) is 0 Å². The Morgan fingerprint density at radius 2 is 1.71 bits per heavy atom. The van der Waals surface area contributed by atoms with Crippen LogP contribution in [0.2, 0.25) is 0 Å². The first-order chi connectivity index (χ1) is 13.4. The number of carbonyl (C=O) groups is 3. The van der Waals surface area contributed by atoms with Crippen LogP contribution in [0, 0.1) is 5.92 Å². The standard InChI is InChI=1S/C20H30N4O4/c1-14-6-4-5-7-17(14)22-20(27)23-19(26)13-24(2)12-18(25)21-15-8-10-16(28-3)11-9-15/h8-11,14,17H,4-7,12-13H2,1-3H3,(H,21,25)(H2,22,23,26,27). The van der Waals surface area contributed by atoms with Gasteiger partial charge in [0.15, 0.2) is 0 Å². The number of hydrogen-bond donors (Lipinski definition) is 3. The van der Waals surface area contributed by atoms with Crippen molar-refractivity contribution in [2.24, 2.45) is 5.92 Å². The number of amides is 4. The lowest BCUT2D eigenvalue weighted by Crippen LogP contribution is -2.50. The Kier molecular flexibility index (Phi) is 8.25. The van der Waals surface area contributed by atoms with Crippen LogP contribution >= 0.6 is 0 Å². The van der Waals surface area contributed by atoms with Crippen molar-refractivity contribution in [1.29, 1.82) is 0 Å². The lowest BCUT2D eigenvalue weighted by atomic mass is 9.86. The van der Waals surface area contributed by atoms with Gasteiger partial charge in [-0.2, -0.15) is 0 Å². The van der Waals surface area contributed by atoms with Crippen molar-refractivity contribution < 1.29 is 19.1 Å². The fourth-order valence-electron chi connectivity index (χ4n) is 3.32. The van der Waals surface area contributed by atoms with E-state index in [-0.39, 0.29) is 25.0 Å². The summed E-state index contributed by atoms with van der Waals surface area (Å²) in [4.78, 5) is 37.7. The number of likely N-dealkylation sites (N-methyl/N-ethyl adjacent to an activating group) is 1. The topological polar surface area (TPSA) is 99.8 Å². The first-order valence-electron chi connectivity index (χ1n) is 9.60. The zero-order chi connectivity index (χ0) is 20.5. The molecule has 1 aliphatic carbocycles. The number of hydrogen-bond acceptors (Lipinski definition) is 5. The predicted molar refractivity (Wildman–Crippen MR) is 107 cm³/mol. The third kappa shape index (κ3) is 7.19. The lowest BCUT2D eigenvalue weighted by Gasteiger charge is -2.29. The highest BCUT2D eigenvalue weighted by Crippen LogP contribution is 2.23. The third-order valence-corrected chi connectivity index (χ3v) is 4.88. The molecular weight excluding hydrogens is 360 g/mol. The average molecular weight is 390 g/mol. The molecule has 0 aliphatic heterocycles. The van der Waals surface area contributed by atoms with Gasteiger partial charge in [-0.3, -0.25) is 19.8 Å². The molecule has 1 aromatic carbocycles. The molecular formula is C20H30N4O4. The van der Waals surface area contributed by atoms with Gasteiger partial charge in [-0.25, -0.2) is 4.79 Å². The smallest absolute Gasteiger partial charge is 0.321 e. The number of imide groups is 1. The molecule has 8 nitrogen and oxygen atoms in total. The van der Waals surface area contributed by atoms with Crippen molar-refractivity contribution in [3.63, 3.8) is 0 Å². The zero-order valence-electron chi connectivity index (χ0n) is 16.8. The summed E-state index contributed by atoms with van der Waals surface area (Å²) in [6.07, 6.45) is 4.30. The van der Waals surface area contributed by atoms with E-state index in [1.54, 1.807) is 43.3 Å². The highest BCUT2D eigenvalue weighted by molar-refractivity contribution is 5.96. The Bertz CT molecular complexity index is 677. The summed E-state index contributed by atoms with van der Waals surface area (Å²) in [5, 5.41) is 7.96. The Morgan fingerprint density at radius 1 is 1.07 bits per heavy atom. The van der Waals surface area contributed by atoms with Gasteiger partial charge in [0.25, 0.3) is 0 Å². The fourth-order valence-corrected chi connectivity index (χ4v) is 3.32. The SMILES string of the molecule is COc1ccc(NC(=O)CN(C)CC(=O)NC(=O)NC2CCCCC2C)cc1. The van der Waals surface area contributed by atoms with Gasteiger partial charge in [-0.15, -0.1) is 0 Å². The van der Waals surface area contributed by atoms with Crippen LogP contribution in [0.4, 0.5) is 10.5 Å². The van der Waals surface area contributed by atoms with E-state index in [4.69, 9.17) is 4.74 Å². The Labute approximate surface area is 166 Å². The molecule has 2 unspecified atom stereocenters. The minimum atomic E-state index is -0.472. The molecule has 2 atom stereocenters. The van der Waals surface area contributed by atoms with Crippen molar-refractivity contribution in [3.05, 3.63) is 24.3 Å². The lowest BCUT2D eigenvalue weighted by molar-refractivity contribution is -0.122. The van der Waals surface area contributed by atoms with Crippen LogP contribution in [-0.2, 0) is 9.59 Å². The quantitative estimate of drug-likeness (QED) is 0.661. The highest BCUT2D eigenvalue weighted by atomic mass is 16.5. The first-order valence-corrected chi connectivity index (χ1v) is 9.60. The molecule has 3 N–H and O–H groups in total. The number of nitrogens with one attached hydrogen (secondary N) is 3. The van der Waals surface area contributed by atoms with E-state index >= 15 is 0 Å². The van der Waals surface area contributed by atoms with E-state index in [2.05, 4.69) is 22.9 Å².